The van der Waals surface area contributed by atoms with E-state index in [0.717, 1.165) is 17.7 Å². The van der Waals surface area contributed by atoms with E-state index in [0.29, 0.717) is 12.2 Å². The molecule has 6 heteroatoms. The fraction of sp³-hybridized carbons (Fsp3) is 0.455. The molecule has 6 nitrogen and oxygen atoms in total. The molecule has 0 fully saturated rings. The van der Waals surface area contributed by atoms with Gasteiger partial charge in [-0.15, -0.1) is 0 Å². The molecule has 2 rings (SSSR count). The Balaban J connectivity index is 2.13. The highest BCUT2D eigenvalue weighted by molar-refractivity contribution is 5.40. The Morgan fingerprint density at radius 3 is 3.06 bits per heavy atom. The maximum atomic E-state index is 9.87. The van der Waals surface area contributed by atoms with Gasteiger partial charge in [-0.1, -0.05) is 11.2 Å². The van der Waals surface area contributed by atoms with Gasteiger partial charge in [0.05, 0.1) is 19.3 Å². The number of azide groups is 1. The van der Waals surface area contributed by atoms with Gasteiger partial charge in [-0.3, -0.25) is 0 Å². The predicted octanol–water partition coefficient (Wildman–Crippen LogP) is 1.33. The van der Waals surface area contributed by atoms with Gasteiger partial charge in [-0.25, -0.2) is 0 Å². The predicted molar refractivity (Wildman–Crippen MR) is 60.6 cm³/mol. The van der Waals surface area contributed by atoms with E-state index in [-0.39, 0.29) is 6.54 Å². The number of benzene rings is 1. The average Bonchev–Trinajstić information content (AvgIpc) is 2.81. The van der Waals surface area contributed by atoms with Crippen molar-refractivity contribution >= 4 is 0 Å². The maximum Gasteiger partial charge on any atom is 0.122 e. The van der Waals surface area contributed by atoms with Crippen LogP contribution in [-0.2, 0) is 6.42 Å². The lowest BCUT2D eigenvalue weighted by Crippen LogP contribution is -2.21. The molecule has 0 aliphatic carbocycles. The Morgan fingerprint density at radius 2 is 2.29 bits per heavy atom. The van der Waals surface area contributed by atoms with Crippen molar-refractivity contribution in [2.45, 2.75) is 18.6 Å². The highest BCUT2D eigenvalue weighted by Gasteiger charge is 2.20. The lowest BCUT2D eigenvalue weighted by molar-refractivity contribution is 0.0244. The molecule has 1 aliphatic heterocycles. The van der Waals surface area contributed by atoms with E-state index in [2.05, 4.69) is 10.0 Å². The summed E-state index contributed by atoms with van der Waals surface area (Å²) in [4.78, 5) is 2.54. The molecule has 1 aromatic rings. The van der Waals surface area contributed by atoms with Crippen LogP contribution in [0.3, 0.4) is 0 Å². The summed E-state index contributed by atoms with van der Waals surface area (Å²) in [5.41, 5.74) is 9.78. The second-order valence-electron chi connectivity index (χ2n) is 3.89. The van der Waals surface area contributed by atoms with E-state index in [1.807, 2.05) is 6.07 Å². The zero-order valence-electron chi connectivity index (χ0n) is 9.15. The van der Waals surface area contributed by atoms with Crippen LogP contribution in [0, 0.1) is 0 Å². The fourth-order valence-corrected chi connectivity index (χ4v) is 1.83. The summed E-state index contributed by atoms with van der Waals surface area (Å²) in [5, 5.41) is 22.7. The van der Waals surface area contributed by atoms with E-state index in [1.54, 1.807) is 12.1 Å². The Hall–Kier alpha value is -1.75. The molecule has 0 aromatic heterocycles. The van der Waals surface area contributed by atoms with Gasteiger partial charge in [0.1, 0.15) is 11.9 Å². The number of rotatable bonds is 4. The molecule has 0 spiro atoms. The van der Waals surface area contributed by atoms with Gasteiger partial charge in [0.15, 0.2) is 0 Å². The molecular formula is C11H13N3O3. The number of hydrogen-bond acceptors (Lipinski definition) is 4. The van der Waals surface area contributed by atoms with Crippen LogP contribution >= 0.6 is 0 Å². The summed E-state index contributed by atoms with van der Waals surface area (Å²) >= 11 is 0. The summed E-state index contributed by atoms with van der Waals surface area (Å²) in [5.74, 6) is 0.825. The van der Waals surface area contributed by atoms with Crippen LogP contribution in [0.5, 0.6) is 5.75 Å². The SMILES string of the molecule is [N-]=[N+]=NCC(O)C(O)c1ccc2c(c1)CCO2. The van der Waals surface area contributed by atoms with Gasteiger partial charge in [0, 0.05) is 11.3 Å². The van der Waals surface area contributed by atoms with E-state index in [1.165, 1.54) is 0 Å². The minimum atomic E-state index is -1.09. The lowest BCUT2D eigenvalue weighted by Gasteiger charge is -2.16. The number of aliphatic hydroxyl groups excluding tert-OH is 2. The van der Waals surface area contributed by atoms with Crippen molar-refractivity contribution in [1.82, 2.24) is 0 Å². The van der Waals surface area contributed by atoms with Crippen molar-refractivity contribution in [2.24, 2.45) is 5.11 Å². The van der Waals surface area contributed by atoms with E-state index >= 15 is 0 Å². The third-order valence-corrected chi connectivity index (χ3v) is 2.75. The molecule has 0 bridgehead atoms. The number of ether oxygens (including phenoxy) is 1. The molecule has 1 heterocycles. The van der Waals surface area contributed by atoms with E-state index < -0.39 is 12.2 Å². The van der Waals surface area contributed by atoms with Crippen molar-refractivity contribution in [2.75, 3.05) is 13.2 Å². The first-order valence-electron chi connectivity index (χ1n) is 5.35. The van der Waals surface area contributed by atoms with Gasteiger partial charge in [-0.2, -0.15) is 0 Å². The zero-order chi connectivity index (χ0) is 12.3. The van der Waals surface area contributed by atoms with Crippen molar-refractivity contribution in [1.29, 1.82) is 0 Å². The summed E-state index contributed by atoms with van der Waals surface area (Å²) < 4.78 is 5.35. The van der Waals surface area contributed by atoms with Crippen LogP contribution in [0.15, 0.2) is 23.3 Å². The highest BCUT2D eigenvalue weighted by atomic mass is 16.5. The van der Waals surface area contributed by atoms with Gasteiger partial charge in [-0.05, 0) is 28.8 Å². The topological polar surface area (TPSA) is 98.5 Å². The molecule has 2 N–H and O–H groups in total. The minimum Gasteiger partial charge on any atom is -0.493 e. The van der Waals surface area contributed by atoms with Gasteiger partial charge in [0.2, 0.25) is 0 Å². The molecular weight excluding hydrogens is 222 g/mol. The maximum absolute atomic E-state index is 9.87. The Labute approximate surface area is 98.1 Å². The molecule has 17 heavy (non-hydrogen) atoms. The van der Waals surface area contributed by atoms with E-state index in [4.69, 9.17) is 10.3 Å². The van der Waals surface area contributed by atoms with Crippen LogP contribution < -0.4 is 4.74 Å². The second-order valence-corrected chi connectivity index (χ2v) is 3.89. The molecule has 0 radical (unpaired) electrons. The lowest BCUT2D eigenvalue weighted by atomic mass is 10.0. The first-order chi connectivity index (χ1) is 8.22. The number of fused-ring (bicyclic) bond motifs is 1. The van der Waals surface area contributed by atoms with Crippen molar-refractivity contribution in [3.8, 4) is 5.75 Å². The largest absolute Gasteiger partial charge is 0.493 e. The number of nitrogens with zero attached hydrogens (tertiary/aromatic N) is 3. The van der Waals surface area contributed by atoms with Crippen molar-refractivity contribution in [3.63, 3.8) is 0 Å². The minimum absolute atomic E-state index is 0.148. The quantitative estimate of drug-likeness (QED) is 0.467. The van der Waals surface area contributed by atoms with Gasteiger partial charge in [0.25, 0.3) is 0 Å². The zero-order valence-corrected chi connectivity index (χ0v) is 9.15. The summed E-state index contributed by atoms with van der Waals surface area (Å²) in [6.45, 7) is 0.501. The summed E-state index contributed by atoms with van der Waals surface area (Å²) in [6, 6.07) is 5.29. The third-order valence-electron chi connectivity index (χ3n) is 2.75. The Morgan fingerprint density at radius 1 is 1.47 bits per heavy atom. The molecule has 90 valence electrons. The molecule has 0 amide bonds. The fourth-order valence-electron chi connectivity index (χ4n) is 1.83. The smallest absolute Gasteiger partial charge is 0.122 e. The molecule has 1 aliphatic rings. The molecule has 2 atom stereocenters. The van der Waals surface area contributed by atoms with Crippen LogP contribution in [0.1, 0.15) is 17.2 Å². The average molecular weight is 235 g/mol. The molecule has 1 aromatic carbocycles. The van der Waals surface area contributed by atoms with Gasteiger partial charge >= 0.3 is 0 Å². The van der Waals surface area contributed by atoms with Crippen LogP contribution in [0.4, 0.5) is 0 Å². The second kappa shape index (κ2) is 5.05. The van der Waals surface area contributed by atoms with Crippen LogP contribution in [0.2, 0.25) is 0 Å². The number of hydrogen-bond donors (Lipinski definition) is 2. The van der Waals surface area contributed by atoms with Crippen LogP contribution in [0.25, 0.3) is 10.4 Å². The first kappa shape index (κ1) is 11.7. The standard InChI is InChI=1S/C11H13N3O3/c12-14-13-6-9(15)11(16)8-1-2-10-7(5-8)3-4-17-10/h1-2,5,9,11,15-16H,3-4,6H2. The molecule has 0 saturated heterocycles. The summed E-state index contributed by atoms with van der Waals surface area (Å²) in [7, 11) is 0. The van der Waals surface area contributed by atoms with Crippen molar-refractivity contribution in [3.05, 3.63) is 39.8 Å². The Kier molecular flexibility index (Phi) is 3.49. The highest BCUT2D eigenvalue weighted by Crippen LogP contribution is 2.29. The monoisotopic (exact) mass is 235 g/mol. The van der Waals surface area contributed by atoms with Crippen molar-refractivity contribution < 1.29 is 14.9 Å². The van der Waals surface area contributed by atoms with Crippen LogP contribution in [-0.4, -0.2) is 29.5 Å². The summed E-state index contributed by atoms with van der Waals surface area (Å²) in [6.07, 6.45) is -1.33. The van der Waals surface area contributed by atoms with Gasteiger partial charge < -0.3 is 14.9 Å². The first-order valence-corrected chi connectivity index (χ1v) is 5.35. The normalized spacial score (nSPS) is 16.6. The number of aliphatic hydroxyl groups is 2. The molecule has 2 unspecified atom stereocenters. The Bertz CT molecular complexity index is 457. The van der Waals surface area contributed by atoms with E-state index in [9.17, 15) is 10.2 Å². The third kappa shape index (κ3) is 2.50. The molecule has 0 saturated carbocycles.